The Morgan fingerprint density at radius 3 is 2.37 bits per heavy atom. The quantitative estimate of drug-likeness (QED) is 0.643. The third-order valence-corrected chi connectivity index (χ3v) is 5.57. The number of sulfonamides is 1. The normalized spacial score (nSPS) is 11.2. The maximum Gasteiger partial charge on any atom is 0.240 e. The molecule has 0 atom stereocenters. The maximum atomic E-state index is 12.3. The maximum absolute atomic E-state index is 12.3. The van der Waals surface area contributed by atoms with Crippen LogP contribution in [0.5, 0.6) is 5.75 Å². The molecule has 2 rings (SSSR count). The lowest BCUT2D eigenvalue weighted by Gasteiger charge is -2.09. The van der Waals surface area contributed by atoms with Crippen molar-refractivity contribution in [2.45, 2.75) is 38.5 Å². The largest absolute Gasteiger partial charge is 0.494 e. The lowest BCUT2D eigenvalue weighted by molar-refractivity contribution is -0.116. The van der Waals surface area contributed by atoms with Crippen molar-refractivity contribution in [3.8, 4) is 5.75 Å². The van der Waals surface area contributed by atoms with Gasteiger partial charge < -0.3 is 10.1 Å². The molecule has 0 aliphatic rings. The van der Waals surface area contributed by atoms with Gasteiger partial charge in [0, 0.05) is 18.7 Å². The fourth-order valence-electron chi connectivity index (χ4n) is 2.44. The first-order chi connectivity index (χ1) is 12.8. The lowest BCUT2D eigenvalue weighted by atomic mass is 10.1. The zero-order chi connectivity index (χ0) is 19.9. The molecule has 2 N–H and O–H groups in total. The van der Waals surface area contributed by atoms with Crippen LogP contribution >= 0.6 is 0 Å². The molecule has 0 unspecified atom stereocenters. The average molecular weight is 391 g/mol. The van der Waals surface area contributed by atoms with Gasteiger partial charge in [0.2, 0.25) is 15.9 Å². The smallest absolute Gasteiger partial charge is 0.240 e. The van der Waals surface area contributed by atoms with E-state index in [1.165, 1.54) is 0 Å². The summed E-state index contributed by atoms with van der Waals surface area (Å²) in [5.74, 6) is 0.584. The number of aryl methyl sites for hydroxylation is 2. The van der Waals surface area contributed by atoms with Crippen molar-refractivity contribution >= 4 is 21.6 Å². The molecule has 0 aliphatic carbocycles. The Morgan fingerprint density at radius 1 is 1.04 bits per heavy atom. The molecule has 1 amide bonds. The van der Waals surface area contributed by atoms with Gasteiger partial charge in [-0.05, 0) is 74.7 Å². The van der Waals surface area contributed by atoms with Crippen LogP contribution in [0.1, 0.15) is 30.9 Å². The molecule has 0 aliphatic heterocycles. The van der Waals surface area contributed by atoms with E-state index >= 15 is 0 Å². The number of carbonyl (C=O) groups is 1. The second-order valence-electron chi connectivity index (χ2n) is 6.25. The van der Waals surface area contributed by atoms with Gasteiger partial charge in [0.1, 0.15) is 5.75 Å². The first-order valence-electron chi connectivity index (χ1n) is 8.91. The molecule has 0 fully saturated rings. The number of carbonyl (C=O) groups excluding carboxylic acids is 1. The fraction of sp³-hybridized carbons (Fsp3) is 0.350. The van der Waals surface area contributed by atoms with Gasteiger partial charge in [0.15, 0.2) is 0 Å². The second-order valence-corrected chi connectivity index (χ2v) is 8.02. The van der Waals surface area contributed by atoms with E-state index in [9.17, 15) is 13.2 Å². The number of amides is 1. The molecule has 0 aromatic heterocycles. The van der Waals surface area contributed by atoms with Gasteiger partial charge in [0.25, 0.3) is 0 Å². The van der Waals surface area contributed by atoms with Gasteiger partial charge in [-0.2, -0.15) is 0 Å². The summed E-state index contributed by atoms with van der Waals surface area (Å²) in [6.07, 6.45) is 0.635. The summed E-state index contributed by atoms with van der Waals surface area (Å²) in [5, 5.41) is 2.78. The second kappa shape index (κ2) is 9.53. The number of nitrogens with one attached hydrogen (secondary N) is 2. The van der Waals surface area contributed by atoms with Crippen LogP contribution in [-0.2, 0) is 14.8 Å². The SMILES string of the molecule is CCOc1ccc(NC(=O)CCCNS(=O)(=O)c2ccc(C)c(C)c2)cc1. The number of anilines is 1. The van der Waals surface area contributed by atoms with Crippen LogP contribution in [-0.4, -0.2) is 27.5 Å². The van der Waals surface area contributed by atoms with Crippen LogP contribution in [0, 0.1) is 13.8 Å². The minimum Gasteiger partial charge on any atom is -0.494 e. The molecule has 2 aromatic carbocycles. The Morgan fingerprint density at radius 2 is 1.74 bits per heavy atom. The van der Waals surface area contributed by atoms with E-state index in [4.69, 9.17) is 4.74 Å². The fourth-order valence-corrected chi connectivity index (χ4v) is 3.60. The first kappa shape index (κ1) is 20.9. The molecule has 146 valence electrons. The molecule has 27 heavy (non-hydrogen) atoms. The minimum absolute atomic E-state index is 0.162. The third-order valence-electron chi connectivity index (χ3n) is 4.11. The Bertz CT molecular complexity index is 877. The predicted octanol–water partition coefficient (Wildman–Crippen LogP) is 3.40. The molecule has 0 bridgehead atoms. The van der Waals surface area contributed by atoms with Gasteiger partial charge in [-0.1, -0.05) is 6.07 Å². The summed E-state index contributed by atoms with van der Waals surface area (Å²) in [6, 6.07) is 12.1. The summed E-state index contributed by atoms with van der Waals surface area (Å²) >= 11 is 0. The highest BCUT2D eigenvalue weighted by molar-refractivity contribution is 7.89. The molecule has 7 heteroatoms. The molecular weight excluding hydrogens is 364 g/mol. The Hall–Kier alpha value is -2.38. The van der Waals surface area contributed by atoms with E-state index in [-0.39, 0.29) is 23.8 Å². The zero-order valence-corrected chi connectivity index (χ0v) is 16.7. The van der Waals surface area contributed by atoms with Crippen molar-refractivity contribution in [2.24, 2.45) is 0 Å². The molecule has 0 saturated heterocycles. The van der Waals surface area contributed by atoms with Crippen molar-refractivity contribution in [1.82, 2.24) is 4.72 Å². The van der Waals surface area contributed by atoms with Gasteiger partial charge in [0.05, 0.1) is 11.5 Å². The van der Waals surface area contributed by atoms with E-state index in [2.05, 4.69) is 10.0 Å². The van der Waals surface area contributed by atoms with Crippen molar-refractivity contribution in [3.63, 3.8) is 0 Å². The predicted molar refractivity (Wildman–Crippen MR) is 107 cm³/mol. The van der Waals surface area contributed by atoms with E-state index in [0.29, 0.717) is 18.7 Å². The Balaban J connectivity index is 1.78. The van der Waals surface area contributed by atoms with Crippen LogP contribution in [0.4, 0.5) is 5.69 Å². The van der Waals surface area contributed by atoms with Gasteiger partial charge >= 0.3 is 0 Å². The summed E-state index contributed by atoms with van der Waals surface area (Å²) in [6.45, 7) is 6.50. The number of rotatable bonds is 9. The average Bonchev–Trinajstić information content (AvgIpc) is 2.63. The van der Waals surface area contributed by atoms with Crippen molar-refractivity contribution in [1.29, 1.82) is 0 Å². The molecule has 0 radical (unpaired) electrons. The van der Waals surface area contributed by atoms with Crippen molar-refractivity contribution in [3.05, 3.63) is 53.6 Å². The van der Waals surface area contributed by atoms with Gasteiger partial charge in [-0.15, -0.1) is 0 Å². The topological polar surface area (TPSA) is 84.5 Å². The van der Waals surface area contributed by atoms with Crippen LogP contribution in [0.25, 0.3) is 0 Å². The minimum atomic E-state index is -3.56. The molecule has 0 spiro atoms. The zero-order valence-electron chi connectivity index (χ0n) is 15.9. The molecule has 0 saturated carbocycles. The first-order valence-corrected chi connectivity index (χ1v) is 10.4. The van der Waals surface area contributed by atoms with Crippen LogP contribution in [0.15, 0.2) is 47.4 Å². The van der Waals surface area contributed by atoms with Crippen LogP contribution in [0.3, 0.4) is 0 Å². The van der Waals surface area contributed by atoms with E-state index < -0.39 is 10.0 Å². The summed E-state index contributed by atoms with van der Waals surface area (Å²) in [5.41, 5.74) is 2.65. The standard InChI is InChI=1S/C20H26N2O4S/c1-4-26-18-10-8-17(9-11-18)22-20(23)6-5-13-21-27(24,25)19-12-7-15(2)16(3)14-19/h7-12,14,21H,4-6,13H2,1-3H3,(H,22,23). The summed E-state index contributed by atoms with van der Waals surface area (Å²) < 4.78 is 32.5. The Kier molecular flexibility index (Phi) is 7.38. The van der Waals surface area contributed by atoms with Gasteiger partial charge in [-0.25, -0.2) is 13.1 Å². The number of benzene rings is 2. The van der Waals surface area contributed by atoms with Crippen LogP contribution in [0.2, 0.25) is 0 Å². The van der Waals surface area contributed by atoms with Crippen LogP contribution < -0.4 is 14.8 Å². The number of ether oxygens (including phenoxy) is 1. The highest BCUT2D eigenvalue weighted by atomic mass is 32.2. The lowest BCUT2D eigenvalue weighted by Crippen LogP contribution is -2.26. The highest BCUT2D eigenvalue weighted by Crippen LogP contribution is 2.16. The third kappa shape index (κ3) is 6.37. The van der Waals surface area contributed by atoms with E-state index in [1.54, 1.807) is 42.5 Å². The van der Waals surface area contributed by atoms with E-state index in [1.807, 2.05) is 20.8 Å². The Labute approximate surface area is 161 Å². The molecular formula is C20H26N2O4S. The highest BCUT2D eigenvalue weighted by Gasteiger charge is 2.14. The summed E-state index contributed by atoms with van der Waals surface area (Å²) in [4.78, 5) is 12.2. The summed E-state index contributed by atoms with van der Waals surface area (Å²) in [7, 11) is -3.56. The van der Waals surface area contributed by atoms with E-state index in [0.717, 1.165) is 16.9 Å². The molecule has 0 heterocycles. The van der Waals surface area contributed by atoms with Crippen molar-refractivity contribution < 1.29 is 17.9 Å². The van der Waals surface area contributed by atoms with Crippen molar-refractivity contribution in [2.75, 3.05) is 18.5 Å². The monoisotopic (exact) mass is 390 g/mol. The number of hydrogen-bond donors (Lipinski definition) is 2. The number of hydrogen-bond acceptors (Lipinski definition) is 4. The molecule has 6 nitrogen and oxygen atoms in total. The molecule has 2 aromatic rings. The van der Waals surface area contributed by atoms with Gasteiger partial charge in [-0.3, -0.25) is 4.79 Å².